The Balaban J connectivity index is 4.28. The van der Waals surface area contributed by atoms with Gasteiger partial charge in [0.1, 0.15) is 10.5 Å². The summed E-state index contributed by atoms with van der Waals surface area (Å²) in [7, 11) is -0.895. The monoisotopic (exact) mass is 206 g/mol. The van der Waals surface area contributed by atoms with Gasteiger partial charge in [-0.05, 0) is 25.1 Å². The largest absolute Gasteiger partial charge is 0.462 e. The molecule has 0 fully saturated rings. The second-order valence-corrected chi connectivity index (χ2v) is 9.25. The van der Waals surface area contributed by atoms with Gasteiger partial charge < -0.3 is 15.6 Å². The third-order valence-corrected chi connectivity index (χ3v) is 9.62. The van der Waals surface area contributed by atoms with E-state index in [4.69, 9.17) is 15.6 Å². The molecule has 0 saturated carbocycles. The van der Waals surface area contributed by atoms with Gasteiger partial charge >= 0.3 is 0 Å². The quantitative estimate of drug-likeness (QED) is 0.587. The minimum atomic E-state index is -1.68. The van der Waals surface area contributed by atoms with Crippen molar-refractivity contribution in [2.45, 2.75) is 32.1 Å². The lowest BCUT2D eigenvalue weighted by atomic mass is 10.2. The van der Waals surface area contributed by atoms with E-state index in [1.807, 2.05) is 0 Å². The molecule has 4 N–H and O–H groups in total. The topological polar surface area (TPSA) is 61.3 Å². The molecule has 0 bridgehead atoms. The highest BCUT2D eigenvalue weighted by Crippen LogP contribution is 2.18. The summed E-state index contributed by atoms with van der Waals surface area (Å²) < 4.78 is 5.67. The molecule has 5 heteroatoms. The molecule has 0 aliphatic heterocycles. The van der Waals surface area contributed by atoms with E-state index < -0.39 is 8.32 Å². The molecule has 0 amide bonds. The molecule has 3 nitrogen and oxygen atoms in total. The van der Waals surface area contributed by atoms with Crippen LogP contribution in [-0.2, 0) is 4.12 Å². The van der Waals surface area contributed by atoms with Crippen molar-refractivity contribution in [1.82, 2.24) is 0 Å². The van der Waals surface area contributed by atoms with Crippen LogP contribution in [0.1, 0.15) is 13.8 Å². The molecule has 0 radical (unpaired) electrons. The second-order valence-electron chi connectivity index (χ2n) is 3.83. The van der Waals surface area contributed by atoms with Crippen molar-refractivity contribution in [3.05, 3.63) is 0 Å². The maximum absolute atomic E-state index is 6.09. The maximum atomic E-state index is 6.09. The summed E-state index contributed by atoms with van der Waals surface area (Å²) in [5.74, 6) is 0.502. The van der Waals surface area contributed by atoms with Crippen molar-refractivity contribution in [2.75, 3.05) is 6.54 Å². The summed E-state index contributed by atoms with van der Waals surface area (Å²) in [6.07, 6.45) is 0. The molecule has 2 atom stereocenters. The van der Waals surface area contributed by atoms with Crippen LogP contribution in [0.2, 0.25) is 12.6 Å². The first-order valence-corrected chi connectivity index (χ1v) is 7.99. The summed E-state index contributed by atoms with van der Waals surface area (Å²) in [6.45, 7) is 7.18. The van der Waals surface area contributed by atoms with Gasteiger partial charge in [-0.2, -0.15) is 0 Å². The Kier molecular flexibility index (Phi) is 5.27. The number of nitrogens with two attached hydrogens (primary N) is 2. The lowest BCUT2D eigenvalue weighted by molar-refractivity contribution is 0.498. The number of hydrogen-bond acceptors (Lipinski definition) is 3. The zero-order valence-corrected chi connectivity index (χ0v) is 11.6. The van der Waals surface area contributed by atoms with E-state index in [2.05, 4.69) is 20.4 Å². The first-order valence-electron chi connectivity index (χ1n) is 4.48. The van der Waals surface area contributed by atoms with Gasteiger partial charge in [-0.15, -0.1) is 0 Å². The van der Waals surface area contributed by atoms with Gasteiger partial charge in [-0.1, -0.05) is 13.8 Å². The molecule has 0 spiro atoms. The predicted octanol–water partition coefficient (Wildman–Crippen LogP) is -0.660. The van der Waals surface area contributed by atoms with Gasteiger partial charge in [0, 0.05) is 5.67 Å². The van der Waals surface area contributed by atoms with Crippen LogP contribution in [0.5, 0.6) is 0 Å². The molecule has 0 aromatic rings. The first-order chi connectivity index (χ1) is 5.48. The van der Waals surface area contributed by atoms with Crippen LogP contribution in [0.3, 0.4) is 0 Å². The highest BCUT2D eigenvalue weighted by Gasteiger charge is 2.35. The van der Waals surface area contributed by atoms with Gasteiger partial charge in [-0.25, -0.2) is 0 Å². The Labute approximate surface area is 79.5 Å². The number of rotatable bonds is 5. The average Bonchev–Trinajstić information content (AvgIpc) is 2.03. The normalized spacial score (nSPS) is 19.5. The summed E-state index contributed by atoms with van der Waals surface area (Å²) in [5.41, 5.74) is 11.9. The zero-order chi connectivity index (χ0) is 9.78. The highest BCUT2D eigenvalue weighted by atomic mass is 28.4. The van der Waals surface area contributed by atoms with E-state index in [1.54, 1.807) is 0 Å². The highest BCUT2D eigenvalue weighted by molar-refractivity contribution is 6.76. The Morgan fingerprint density at radius 2 is 2.00 bits per heavy atom. The molecule has 0 saturated heterocycles. The fraction of sp³-hybridized carbons (Fsp3) is 1.00. The molecule has 0 rings (SSSR count). The van der Waals surface area contributed by atoms with E-state index in [0.29, 0.717) is 12.5 Å². The Bertz CT molecular complexity index is 135. The van der Waals surface area contributed by atoms with Gasteiger partial charge in [0.05, 0.1) is 0 Å². The Morgan fingerprint density at radius 1 is 1.50 bits per heavy atom. The molecular weight excluding hydrogens is 184 g/mol. The Morgan fingerprint density at radius 3 is 2.25 bits per heavy atom. The van der Waals surface area contributed by atoms with E-state index in [-0.39, 0.29) is 5.67 Å². The van der Waals surface area contributed by atoms with Crippen molar-refractivity contribution in [2.24, 2.45) is 17.4 Å². The van der Waals surface area contributed by atoms with Gasteiger partial charge in [0.15, 0.2) is 8.32 Å². The van der Waals surface area contributed by atoms with Gasteiger partial charge in [0.25, 0.3) is 0 Å². The minimum Gasteiger partial charge on any atom is -0.462 e. The summed E-state index contributed by atoms with van der Waals surface area (Å²) >= 11 is 0. The van der Waals surface area contributed by atoms with Crippen molar-refractivity contribution >= 4 is 18.8 Å². The standard InChI is InChI=1S/C7H22N2OSi2/c1-6(2)7(9)12(3,10-11)5-4-8/h6-7H,4-5,8-9H2,1-3,11H3. The van der Waals surface area contributed by atoms with Crippen LogP contribution in [0.25, 0.3) is 0 Å². The van der Waals surface area contributed by atoms with Crippen molar-refractivity contribution in [3.8, 4) is 0 Å². The summed E-state index contributed by atoms with van der Waals surface area (Å²) in [4.78, 5) is 0. The van der Waals surface area contributed by atoms with E-state index in [0.717, 1.165) is 16.5 Å². The Hall–Kier alpha value is 0.314. The summed E-state index contributed by atoms with van der Waals surface area (Å²) in [6, 6.07) is 0.982. The average molecular weight is 206 g/mol. The SMILES string of the molecule is CC(C)C(N)[Si](C)(CCN)O[SiH3]. The van der Waals surface area contributed by atoms with Gasteiger partial charge in [-0.3, -0.25) is 0 Å². The third kappa shape index (κ3) is 2.98. The van der Waals surface area contributed by atoms with E-state index in [9.17, 15) is 0 Å². The fourth-order valence-electron chi connectivity index (χ4n) is 1.40. The smallest absolute Gasteiger partial charge is 0.194 e. The van der Waals surface area contributed by atoms with E-state index in [1.165, 1.54) is 0 Å². The van der Waals surface area contributed by atoms with Crippen molar-refractivity contribution in [3.63, 3.8) is 0 Å². The lowest BCUT2D eigenvalue weighted by Gasteiger charge is -2.34. The van der Waals surface area contributed by atoms with Crippen LogP contribution >= 0.6 is 0 Å². The van der Waals surface area contributed by atoms with Gasteiger partial charge in [0.2, 0.25) is 0 Å². The minimum absolute atomic E-state index is 0.221. The molecule has 0 aliphatic rings. The maximum Gasteiger partial charge on any atom is 0.194 e. The summed E-state index contributed by atoms with van der Waals surface area (Å²) in [5, 5.41) is 0. The molecule has 12 heavy (non-hydrogen) atoms. The van der Waals surface area contributed by atoms with Crippen LogP contribution in [-0.4, -0.2) is 31.0 Å². The molecule has 74 valence electrons. The molecule has 0 aliphatic carbocycles. The third-order valence-electron chi connectivity index (χ3n) is 2.53. The van der Waals surface area contributed by atoms with Crippen LogP contribution in [0.4, 0.5) is 0 Å². The fourth-order valence-corrected chi connectivity index (χ4v) is 5.62. The van der Waals surface area contributed by atoms with E-state index >= 15 is 0 Å². The molecule has 0 heterocycles. The first kappa shape index (κ1) is 12.3. The molecular formula is C7H22N2OSi2. The number of hydrogen-bond donors (Lipinski definition) is 2. The zero-order valence-electron chi connectivity index (χ0n) is 8.63. The lowest BCUT2D eigenvalue weighted by Crippen LogP contribution is -2.56. The van der Waals surface area contributed by atoms with Crippen LogP contribution in [0, 0.1) is 5.92 Å². The molecule has 0 aromatic carbocycles. The molecule has 0 aromatic heterocycles. The van der Waals surface area contributed by atoms with Crippen LogP contribution < -0.4 is 11.5 Å². The van der Waals surface area contributed by atoms with Crippen molar-refractivity contribution in [1.29, 1.82) is 0 Å². The van der Waals surface area contributed by atoms with Crippen LogP contribution in [0.15, 0.2) is 0 Å². The second kappa shape index (κ2) is 5.13. The van der Waals surface area contributed by atoms with Crippen molar-refractivity contribution < 1.29 is 4.12 Å². The molecule has 2 unspecified atom stereocenters. The predicted molar refractivity (Wildman–Crippen MR) is 59.3 cm³/mol.